The first-order valence-corrected chi connectivity index (χ1v) is 19.6. The maximum Gasteiger partial charge on any atom is 0.164 e. The summed E-state index contributed by atoms with van der Waals surface area (Å²) in [4.78, 5) is 15.3. The smallest absolute Gasteiger partial charge is 0.164 e. The average Bonchev–Trinajstić information content (AvgIpc) is 3.83. The summed E-state index contributed by atoms with van der Waals surface area (Å²) in [5.41, 5.74) is 11.0. The second-order valence-electron chi connectivity index (χ2n) is 14.0. The van der Waals surface area contributed by atoms with Gasteiger partial charge in [-0.1, -0.05) is 152 Å². The van der Waals surface area contributed by atoms with Gasteiger partial charge in [-0.3, -0.25) is 0 Å². The molecule has 56 heavy (non-hydrogen) atoms. The van der Waals surface area contributed by atoms with Gasteiger partial charge in [-0.2, -0.15) is 0 Å². The van der Waals surface area contributed by atoms with Crippen LogP contribution in [0.2, 0.25) is 0 Å². The quantitative estimate of drug-likeness (QED) is 0.171. The summed E-state index contributed by atoms with van der Waals surface area (Å²) in [6.45, 7) is 0. The van der Waals surface area contributed by atoms with E-state index in [-0.39, 0.29) is 0 Å². The molecule has 11 rings (SSSR count). The van der Waals surface area contributed by atoms with Crippen LogP contribution in [0.15, 0.2) is 194 Å². The molecule has 3 aromatic heterocycles. The van der Waals surface area contributed by atoms with Crippen LogP contribution in [0.3, 0.4) is 0 Å². The molecule has 5 heteroatoms. The Labute approximate surface area is 327 Å². The Morgan fingerprint density at radius 1 is 0.357 bits per heavy atom. The lowest BCUT2D eigenvalue weighted by Crippen LogP contribution is -2.00. The van der Waals surface area contributed by atoms with E-state index in [1.807, 2.05) is 47.7 Å². The molecule has 0 fully saturated rings. The molecule has 262 valence electrons. The molecule has 0 unspecified atom stereocenters. The summed E-state index contributed by atoms with van der Waals surface area (Å²) in [6.07, 6.45) is 0. The molecule has 0 atom stereocenters. The first-order valence-electron chi connectivity index (χ1n) is 18.8. The Kier molecular flexibility index (Phi) is 7.64. The number of hydrogen-bond donors (Lipinski definition) is 0. The molecular formula is C51H32N4S. The van der Waals surface area contributed by atoms with Gasteiger partial charge in [0.25, 0.3) is 0 Å². The van der Waals surface area contributed by atoms with Crippen LogP contribution in [0.4, 0.5) is 0 Å². The highest BCUT2D eigenvalue weighted by Crippen LogP contribution is 2.46. The summed E-state index contributed by atoms with van der Waals surface area (Å²) < 4.78 is 4.87. The number of para-hydroxylation sites is 2. The van der Waals surface area contributed by atoms with Gasteiger partial charge in [-0.15, -0.1) is 11.3 Å². The molecule has 0 aliphatic rings. The van der Waals surface area contributed by atoms with Crippen LogP contribution in [0.1, 0.15) is 0 Å². The van der Waals surface area contributed by atoms with Crippen LogP contribution in [-0.4, -0.2) is 19.5 Å². The topological polar surface area (TPSA) is 43.6 Å². The van der Waals surface area contributed by atoms with Gasteiger partial charge in [0.15, 0.2) is 17.5 Å². The fourth-order valence-corrected chi connectivity index (χ4v) is 9.25. The second kappa shape index (κ2) is 13.3. The SMILES string of the molecule is c1ccc(-c2ccc3c(c2)c2cccc(-c4cc(-c5nc(-c6ccccc6)nc(-c6ccccc6)n5)cc5sc6ccccc6c45)c2n3-c2ccccc2)cc1. The fourth-order valence-electron chi connectivity index (χ4n) is 8.08. The van der Waals surface area contributed by atoms with Crippen LogP contribution < -0.4 is 0 Å². The molecule has 0 aliphatic heterocycles. The molecule has 0 saturated heterocycles. The average molecular weight is 733 g/mol. The molecular weight excluding hydrogens is 701 g/mol. The van der Waals surface area contributed by atoms with Gasteiger partial charge in [0, 0.05) is 58.9 Å². The van der Waals surface area contributed by atoms with Crippen LogP contribution >= 0.6 is 11.3 Å². The Hall–Kier alpha value is -7.21. The molecule has 3 heterocycles. The summed E-state index contributed by atoms with van der Waals surface area (Å²) in [7, 11) is 0. The number of nitrogens with zero attached hydrogens (tertiary/aromatic N) is 4. The lowest BCUT2D eigenvalue weighted by atomic mass is 9.94. The number of hydrogen-bond acceptors (Lipinski definition) is 4. The Balaban J connectivity index is 1.23. The standard InChI is InChI=1S/C51H32N4S/c1-5-16-33(17-6-1)36-28-29-44-42(30-36)39-25-15-26-40(48(39)55(44)38-22-11-4-12-23-38)43-31-37(32-46-47(43)41-24-13-14-27-45(41)56-46)51-53-49(34-18-7-2-8-19-34)52-50(54-51)35-20-9-3-10-21-35/h1-32H. The minimum Gasteiger partial charge on any atom is -0.309 e. The van der Waals surface area contributed by atoms with E-state index in [0.717, 1.165) is 33.5 Å². The predicted molar refractivity (Wildman–Crippen MR) is 234 cm³/mol. The van der Waals surface area contributed by atoms with Crippen LogP contribution in [0, 0.1) is 0 Å². The second-order valence-corrected chi connectivity index (χ2v) is 15.1. The van der Waals surface area contributed by atoms with Crippen molar-refractivity contribution in [3.05, 3.63) is 194 Å². The first kappa shape index (κ1) is 32.2. The van der Waals surface area contributed by atoms with E-state index in [4.69, 9.17) is 15.0 Å². The monoisotopic (exact) mass is 732 g/mol. The van der Waals surface area contributed by atoms with E-state index in [1.54, 1.807) is 0 Å². The van der Waals surface area contributed by atoms with E-state index in [9.17, 15) is 0 Å². The van der Waals surface area contributed by atoms with Crippen molar-refractivity contribution in [2.45, 2.75) is 0 Å². The van der Waals surface area contributed by atoms with Gasteiger partial charge in [0.1, 0.15) is 0 Å². The number of fused-ring (bicyclic) bond motifs is 6. The predicted octanol–water partition coefficient (Wildman–Crippen LogP) is 13.7. The molecule has 0 N–H and O–H groups in total. The zero-order valence-electron chi connectivity index (χ0n) is 30.2. The molecule has 8 aromatic carbocycles. The number of thiophene rings is 1. The molecule has 0 saturated carbocycles. The fraction of sp³-hybridized carbons (Fsp3) is 0. The molecule has 0 bridgehead atoms. The summed E-state index contributed by atoms with van der Waals surface area (Å²) in [5.74, 6) is 1.93. The van der Waals surface area contributed by atoms with Crippen molar-refractivity contribution in [3.63, 3.8) is 0 Å². The number of rotatable bonds is 6. The molecule has 0 spiro atoms. The van der Waals surface area contributed by atoms with E-state index < -0.39 is 0 Å². The Morgan fingerprint density at radius 2 is 0.929 bits per heavy atom. The first-order chi connectivity index (χ1) is 27.8. The van der Waals surface area contributed by atoms with Crippen LogP contribution in [0.5, 0.6) is 0 Å². The van der Waals surface area contributed by atoms with Crippen molar-refractivity contribution in [1.29, 1.82) is 0 Å². The molecule has 0 aliphatic carbocycles. The molecule has 0 amide bonds. The Bertz CT molecular complexity index is 3170. The van der Waals surface area contributed by atoms with Crippen molar-refractivity contribution < 1.29 is 0 Å². The van der Waals surface area contributed by atoms with Gasteiger partial charge in [0.05, 0.1) is 11.0 Å². The maximum atomic E-state index is 5.17. The highest BCUT2D eigenvalue weighted by atomic mass is 32.1. The van der Waals surface area contributed by atoms with E-state index >= 15 is 0 Å². The maximum absolute atomic E-state index is 5.17. The lowest BCUT2D eigenvalue weighted by molar-refractivity contribution is 1.07. The summed E-state index contributed by atoms with van der Waals surface area (Å²) >= 11 is 1.81. The van der Waals surface area contributed by atoms with Crippen LogP contribution in [0.25, 0.3) is 104 Å². The van der Waals surface area contributed by atoms with Gasteiger partial charge < -0.3 is 4.57 Å². The third-order valence-electron chi connectivity index (χ3n) is 10.6. The summed E-state index contributed by atoms with van der Waals surface area (Å²) in [6, 6.07) is 68.7. The van der Waals surface area contributed by atoms with E-state index in [0.29, 0.717) is 17.5 Å². The third kappa shape index (κ3) is 5.40. The number of benzene rings is 8. The highest BCUT2D eigenvalue weighted by Gasteiger charge is 2.22. The van der Waals surface area contributed by atoms with Crippen molar-refractivity contribution >= 4 is 53.3 Å². The van der Waals surface area contributed by atoms with Crippen LogP contribution in [-0.2, 0) is 0 Å². The largest absolute Gasteiger partial charge is 0.309 e. The van der Waals surface area contributed by atoms with Crippen molar-refractivity contribution in [2.75, 3.05) is 0 Å². The Morgan fingerprint density at radius 3 is 1.61 bits per heavy atom. The summed E-state index contributed by atoms with van der Waals surface area (Å²) in [5, 5.41) is 4.89. The number of aromatic nitrogens is 4. The van der Waals surface area contributed by atoms with Crippen molar-refractivity contribution in [3.8, 4) is 62.1 Å². The van der Waals surface area contributed by atoms with Crippen molar-refractivity contribution in [1.82, 2.24) is 19.5 Å². The zero-order valence-corrected chi connectivity index (χ0v) is 31.0. The molecule has 4 nitrogen and oxygen atoms in total. The van der Waals surface area contributed by atoms with Crippen molar-refractivity contribution in [2.24, 2.45) is 0 Å². The lowest BCUT2D eigenvalue weighted by Gasteiger charge is -2.14. The van der Waals surface area contributed by atoms with Gasteiger partial charge in [-0.05, 0) is 59.2 Å². The molecule has 0 radical (unpaired) electrons. The van der Waals surface area contributed by atoms with Gasteiger partial charge in [-0.25, -0.2) is 15.0 Å². The minimum atomic E-state index is 0.640. The normalized spacial score (nSPS) is 11.6. The molecule has 11 aromatic rings. The van der Waals surface area contributed by atoms with Gasteiger partial charge in [0.2, 0.25) is 0 Å². The van der Waals surface area contributed by atoms with Gasteiger partial charge >= 0.3 is 0 Å². The highest BCUT2D eigenvalue weighted by molar-refractivity contribution is 7.26. The zero-order chi connectivity index (χ0) is 37.0. The van der Waals surface area contributed by atoms with E-state index in [2.05, 4.69) is 162 Å². The minimum absolute atomic E-state index is 0.640. The third-order valence-corrected chi connectivity index (χ3v) is 11.8. The van der Waals surface area contributed by atoms with E-state index in [1.165, 1.54) is 53.1 Å².